The van der Waals surface area contributed by atoms with Crippen LogP contribution in [0.15, 0.2) is 0 Å². The first-order valence-corrected chi connectivity index (χ1v) is 8.96. The minimum absolute atomic E-state index is 0.144. The van der Waals surface area contributed by atoms with Gasteiger partial charge in [-0.3, -0.25) is 4.79 Å². The first-order chi connectivity index (χ1) is 10.4. The number of ether oxygens (including phenoxy) is 2. The van der Waals surface area contributed by atoms with Gasteiger partial charge in [-0.1, -0.05) is 27.2 Å². The monoisotopic (exact) mass is 310 g/mol. The fourth-order valence-electron chi connectivity index (χ4n) is 4.45. The van der Waals surface area contributed by atoms with Crippen LogP contribution >= 0.6 is 0 Å². The van der Waals surface area contributed by atoms with Gasteiger partial charge in [0.25, 0.3) is 0 Å². The van der Waals surface area contributed by atoms with Crippen molar-refractivity contribution in [3.63, 3.8) is 0 Å². The quantitative estimate of drug-likeness (QED) is 0.810. The Hall–Kier alpha value is -0.610. The molecule has 0 unspecified atom stereocenters. The molecule has 1 heterocycles. The summed E-state index contributed by atoms with van der Waals surface area (Å²) in [6.45, 7) is 6.76. The van der Waals surface area contributed by atoms with Crippen LogP contribution in [0.25, 0.3) is 0 Å². The molecule has 1 N–H and O–H groups in total. The molecule has 0 spiro atoms. The Kier molecular flexibility index (Phi) is 4.52. The van der Waals surface area contributed by atoms with Gasteiger partial charge < -0.3 is 14.6 Å². The molecular weight excluding hydrogens is 280 g/mol. The van der Waals surface area contributed by atoms with Crippen molar-refractivity contribution in [2.45, 2.75) is 83.7 Å². The van der Waals surface area contributed by atoms with Crippen LogP contribution in [0.5, 0.6) is 0 Å². The standard InChI is InChI=1S/C18H30O4/c1-11(2)13-6-5-12(3)9-15(13)21-17-14(10-16(19)22-17)18(20)7-4-8-18/h11-15,17,20H,4-10H2,1-3H3/t12-,13+,14-,15-,17-/m1/s1. The van der Waals surface area contributed by atoms with Gasteiger partial charge in [-0.2, -0.15) is 0 Å². The van der Waals surface area contributed by atoms with E-state index in [2.05, 4.69) is 20.8 Å². The summed E-state index contributed by atoms with van der Waals surface area (Å²) in [5.41, 5.74) is -0.746. The van der Waals surface area contributed by atoms with Gasteiger partial charge in [-0.05, 0) is 49.9 Å². The molecule has 0 bridgehead atoms. The Morgan fingerprint density at radius 1 is 1.32 bits per heavy atom. The van der Waals surface area contributed by atoms with E-state index in [0.29, 0.717) is 24.2 Å². The number of aliphatic hydroxyl groups is 1. The number of rotatable bonds is 4. The molecule has 3 fully saturated rings. The highest BCUT2D eigenvalue weighted by molar-refractivity contribution is 5.72. The highest BCUT2D eigenvalue weighted by Crippen LogP contribution is 2.46. The van der Waals surface area contributed by atoms with Gasteiger partial charge in [0.15, 0.2) is 0 Å². The van der Waals surface area contributed by atoms with Crippen LogP contribution in [0.3, 0.4) is 0 Å². The first-order valence-electron chi connectivity index (χ1n) is 8.96. The normalized spacial score (nSPS) is 41.3. The lowest BCUT2D eigenvalue weighted by Crippen LogP contribution is -2.50. The minimum Gasteiger partial charge on any atom is -0.435 e. The van der Waals surface area contributed by atoms with E-state index in [-0.39, 0.29) is 18.0 Å². The molecule has 2 aliphatic carbocycles. The number of carbonyl (C=O) groups excluding carboxylic acids is 1. The summed E-state index contributed by atoms with van der Waals surface area (Å²) in [6, 6.07) is 0. The number of carbonyl (C=O) groups is 1. The second-order valence-electron chi connectivity index (χ2n) is 8.13. The Labute approximate surface area is 133 Å². The third-order valence-corrected chi connectivity index (χ3v) is 6.14. The molecule has 4 nitrogen and oxygen atoms in total. The zero-order valence-corrected chi connectivity index (χ0v) is 14.1. The lowest BCUT2D eigenvalue weighted by molar-refractivity contribution is -0.224. The number of esters is 1. The maximum absolute atomic E-state index is 11.8. The third-order valence-electron chi connectivity index (χ3n) is 6.14. The SMILES string of the molecule is CC(C)[C@@H]1CC[C@@H](C)C[C@H]1O[C@@H]1OC(=O)C[C@H]1C1(O)CCC1. The fraction of sp³-hybridized carbons (Fsp3) is 0.944. The van der Waals surface area contributed by atoms with E-state index in [0.717, 1.165) is 25.7 Å². The van der Waals surface area contributed by atoms with E-state index in [1.165, 1.54) is 12.8 Å². The minimum atomic E-state index is -0.746. The average Bonchev–Trinajstić information content (AvgIpc) is 2.77. The maximum atomic E-state index is 11.8. The number of hydrogen-bond acceptors (Lipinski definition) is 4. The van der Waals surface area contributed by atoms with E-state index in [4.69, 9.17) is 9.47 Å². The predicted molar refractivity (Wildman–Crippen MR) is 83.0 cm³/mol. The first kappa shape index (κ1) is 16.3. The van der Waals surface area contributed by atoms with Crippen LogP contribution in [-0.4, -0.2) is 29.1 Å². The highest BCUT2D eigenvalue weighted by atomic mass is 16.7. The van der Waals surface area contributed by atoms with Crippen molar-refractivity contribution in [3.8, 4) is 0 Å². The molecule has 2 saturated carbocycles. The van der Waals surface area contributed by atoms with Gasteiger partial charge in [0.05, 0.1) is 24.0 Å². The Morgan fingerprint density at radius 2 is 2.05 bits per heavy atom. The summed E-state index contributed by atoms with van der Waals surface area (Å²) in [6.07, 6.45) is 5.92. The molecule has 0 amide bonds. The molecule has 3 rings (SSSR count). The lowest BCUT2D eigenvalue weighted by atomic mass is 9.70. The largest absolute Gasteiger partial charge is 0.435 e. The molecule has 5 atom stereocenters. The Bertz CT molecular complexity index is 415. The van der Waals surface area contributed by atoms with Crippen LogP contribution in [0.1, 0.15) is 65.7 Å². The van der Waals surface area contributed by atoms with Crippen molar-refractivity contribution in [1.82, 2.24) is 0 Å². The van der Waals surface area contributed by atoms with Gasteiger partial charge >= 0.3 is 5.97 Å². The van der Waals surface area contributed by atoms with Crippen molar-refractivity contribution in [2.75, 3.05) is 0 Å². The van der Waals surface area contributed by atoms with E-state index < -0.39 is 11.9 Å². The topological polar surface area (TPSA) is 55.8 Å². The Morgan fingerprint density at radius 3 is 2.64 bits per heavy atom. The second kappa shape index (κ2) is 6.12. The molecule has 0 aromatic rings. The number of hydrogen-bond donors (Lipinski definition) is 1. The van der Waals surface area contributed by atoms with E-state index in [9.17, 15) is 9.90 Å². The molecule has 126 valence electrons. The molecule has 22 heavy (non-hydrogen) atoms. The smallest absolute Gasteiger partial charge is 0.308 e. The third kappa shape index (κ3) is 3.05. The van der Waals surface area contributed by atoms with Crippen LogP contribution in [0, 0.1) is 23.7 Å². The van der Waals surface area contributed by atoms with Gasteiger partial charge in [-0.15, -0.1) is 0 Å². The molecule has 0 aromatic heterocycles. The molecule has 4 heteroatoms. The predicted octanol–water partition coefficient (Wildman–Crippen LogP) is 3.27. The van der Waals surface area contributed by atoms with E-state index >= 15 is 0 Å². The number of cyclic esters (lactones) is 1. The van der Waals surface area contributed by atoms with Crippen molar-refractivity contribution in [1.29, 1.82) is 0 Å². The van der Waals surface area contributed by atoms with Crippen molar-refractivity contribution >= 4 is 5.97 Å². The summed E-state index contributed by atoms with van der Waals surface area (Å²) in [5, 5.41) is 10.6. The summed E-state index contributed by atoms with van der Waals surface area (Å²) in [4.78, 5) is 11.8. The van der Waals surface area contributed by atoms with Crippen LogP contribution in [-0.2, 0) is 14.3 Å². The second-order valence-corrected chi connectivity index (χ2v) is 8.13. The summed E-state index contributed by atoms with van der Waals surface area (Å²) >= 11 is 0. The Balaban J connectivity index is 1.70. The van der Waals surface area contributed by atoms with Crippen molar-refractivity contribution < 1.29 is 19.4 Å². The van der Waals surface area contributed by atoms with Crippen LogP contribution in [0.4, 0.5) is 0 Å². The molecule has 3 aliphatic rings. The zero-order valence-electron chi connectivity index (χ0n) is 14.1. The molecule has 0 radical (unpaired) electrons. The van der Waals surface area contributed by atoms with Crippen LogP contribution < -0.4 is 0 Å². The molecule has 1 saturated heterocycles. The van der Waals surface area contributed by atoms with Crippen LogP contribution in [0.2, 0.25) is 0 Å². The summed E-state index contributed by atoms with van der Waals surface area (Å²) < 4.78 is 11.7. The van der Waals surface area contributed by atoms with Gasteiger partial charge in [0.2, 0.25) is 6.29 Å². The van der Waals surface area contributed by atoms with E-state index in [1.807, 2.05) is 0 Å². The molecule has 1 aliphatic heterocycles. The van der Waals surface area contributed by atoms with Gasteiger partial charge in [0, 0.05) is 0 Å². The molecule has 0 aromatic carbocycles. The molecular formula is C18H30O4. The van der Waals surface area contributed by atoms with Gasteiger partial charge in [0.1, 0.15) is 0 Å². The fourth-order valence-corrected chi connectivity index (χ4v) is 4.45. The summed E-state index contributed by atoms with van der Waals surface area (Å²) in [5.74, 6) is 1.34. The zero-order chi connectivity index (χ0) is 15.9. The van der Waals surface area contributed by atoms with Gasteiger partial charge in [-0.25, -0.2) is 0 Å². The summed E-state index contributed by atoms with van der Waals surface area (Å²) in [7, 11) is 0. The van der Waals surface area contributed by atoms with Crippen molar-refractivity contribution in [3.05, 3.63) is 0 Å². The highest BCUT2D eigenvalue weighted by Gasteiger charge is 2.53. The van der Waals surface area contributed by atoms with E-state index in [1.54, 1.807) is 0 Å². The van der Waals surface area contributed by atoms with Crippen molar-refractivity contribution in [2.24, 2.45) is 23.7 Å². The maximum Gasteiger partial charge on any atom is 0.308 e. The average molecular weight is 310 g/mol. The lowest BCUT2D eigenvalue weighted by Gasteiger charge is -2.44.